The van der Waals surface area contributed by atoms with Crippen LogP contribution in [0.2, 0.25) is 0 Å². The van der Waals surface area contributed by atoms with Crippen LogP contribution in [0.5, 0.6) is 11.5 Å². The maximum absolute atomic E-state index is 13.4. The summed E-state index contributed by atoms with van der Waals surface area (Å²) in [5.74, 6) is 0.0595. The summed E-state index contributed by atoms with van der Waals surface area (Å²) >= 11 is 0. The number of hydrogen-bond donors (Lipinski definition) is 1. The quantitative estimate of drug-likeness (QED) is 0.254. The Labute approximate surface area is 217 Å². The fraction of sp³-hybridized carbons (Fsp3) is 0.290. The fourth-order valence-corrected chi connectivity index (χ4v) is 5.04. The van der Waals surface area contributed by atoms with Crippen LogP contribution in [0.3, 0.4) is 0 Å². The summed E-state index contributed by atoms with van der Waals surface area (Å²) in [6.07, 6.45) is 2.27. The smallest absolute Gasteiger partial charge is 0.295 e. The lowest BCUT2D eigenvalue weighted by atomic mass is 9.94. The zero-order valence-electron chi connectivity index (χ0n) is 21.1. The van der Waals surface area contributed by atoms with Gasteiger partial charge >= 0.3 is 0 Å². The van der Waals surface area contributed by atoms with Crippen molar-refractivity contribution in [2.24, 2.45) is 0 Å². The number of hydrogen-bond acceptors (Lipinski definition) is 5. The van der Waals surface area contributed by atoms with E-state index in [1.54, 1.807) is 11.0 Å². The molecule has 1 saturated heterocycles. The number of rotatable bonds is 8. The van der Waals surface area contributed by atoms with Crippen molar-refractivity contribution in [3.8, 4) is 11.5 Å². The largest absolute Gasteiger partial charge is 0.507 e. The first-order valence-electron chi connectivity index (χ1n) is 12.8. The van der Waals surface area contributed by atoms with E-state index in [1.165, 1.54) is 0 Å². The van der Waals surface area contributed by atoms with Crippen molar-refractivity contribution in [1.29, 1.82) is 0 Å². The third-order valence-corrected chi connectivity index (χ3v) is 6.86. The molecule has 37 heavy (non-hydrogen) atoms. The monoisotopic (exact) mass is 497 g/mol. The van der Waals surface area contributed by atoms with Gasteiger partial charge in [0.15, 0.2) is 0 Å². The molecule has 2 aliphatic heterocycles. The Hall–Kier alpha value is -4.06. The second kappa shape index (κ2) is 10.5. The molecule has 5 rings (SSSR count). The lowest BCUT2D eigenvalue weighted by Gasteiger charge is -2.25. The van der Waals surface area contributed by atoms with E-state index >= 15 is 0 Å². The number of carbonyl (C=O) groups excluding carboxylic acids is 2. The molecule has 2 atom stereocenters. The molecule has 6 nitrogen and oxygen atoms in total. The van der Waals surface area contributed by atoms with Gasteiger partial charge in [0, 0.05) is 18.5 Å². The van der Waals surface area contributed by atoms with Gasteiger partial charge in [0.2, 0.25) is 0 Å². The Balaban J connectivity index is 1.54. The van der Waals surface area contributed by atoms with Crippen molar-refractivity contribution in [3.05, 3.63) is 101 Å². The molecule has 1 fully saturated rings. The molecule has 0 radical (unpaired) electrons. The number of fused-ring (bicyclic) bond motifs is 1. The zero-order valence-corrected chi connectivity index (χ0v) is 21.1. The molecule has 0 aliphatic carbocycles. The van der Waals surface area contributed by atoms with Gasteiger partial charge in [-0.3, -0.25) is 9.59 Å². The van der Waals surface area contributed by atoms with Crippen LogP contribution in [-0.4, -0.2) is 41.0 Å². The van der Waals surface area contributed by atoms with Crippen molar-refractivity contribution in [2.75, 3.05) is 13.2 Å². The van der Waals surface area contributed by atoms with Gasteiger partial charge in [-0.1, -0.05) is 49.4 Å². The van der Waals surface area contributed by atoms with E-state index in [0.717, 1.165) is 41.0 Å². The SMILES string of the molecule is CCCOc1ccc([C@H]2C(=C(O)c3ccc4c(c3)C[C@@H](C)O4)C(=O)C(=O)N2CCc2ccccc2)cc1. The van der Waals surface area contributed by atoms with Crippen molar-refractivity contribution in [1.82, 2.24) is 4.90 Å². The summed E-state index contributed by atoms with van der Waals surface area (Å²) in [4.78, 5) is 28.2. The van der Waals surface area contributed by atoms with Gasteiger partial charge in [0.1, 0.15) is 23.4 Å². The first kappa shape index (κ1) is 24.6. The van der Waals surface area contributed by atoms with Crippen molar-refractivity contribution in [3.63, 3.8) is 0 Å². The van der Waals surface area contributed by atoms with Gasteiger partial charge in [0.05, 0.1) is 18.2 Å². The number of Topliss-reactive ketones (excluding diaryl/α,β-unsaturated/α-hetero) is 1. The van der Waals surface area contributed by atoms with Crippen molar-refractivity contribution in [2.45, 2.75) is 45.3 Å². The molecular formula is C31H31NO5. The summed E-state index contributed by atoms with van der Waals surface area (Å²) < 4.78 is 11.5. The van der Waals surface area contributed by atoms with E-state index in [9.17, 15) is 14.7 Å². The average Bonchev–Trinajstić information content (AvgIpc) is 3.42. The third kappa shape index (κ3) is 4.96. The number of carbonyl (C=O) groups is 2. The van der Waals surface area contributed by atoms with Gasteiger partial charge < -0.3 is 19.5 Å². The number of nitrogens with zero attached hydrogens (tertiary/aromatic N) is 1. The molecule has 0 saturated carbocycles. The fourth-order valence-electron chi connectivity index (χ4n) is 5.04. The highest BCUT2D eigenvalue weighted by molar-refractivity contribution is 6.46. The minimum absolute atomic E-state index is 0.0596. The molecule has 190 valence electrons. The third-order valence-electron chi connectivity index (χ3n) is 6.86. The first-order valence-corrected chi connectivity index (χ1v) is 12.8. The van der Waals surface area contributed by atoms with E-state index in [-0.39, 0.29) is 17.4 Å². The highest BCUT2D eigenvalue weighted by atomic mass is 16.5. The molecule has 0 bridgehead atoms. The first-order chi connectivity index (χ1) is 18.0. The predicted molar refractivity (Wildman–Crippen MR) is 142 cm³/mol. The van der Waals surface area contributed by atoms with E-state index in [2.05, 4.69) is 0 Å². The maximum atomic E-state index is 13.4. The minimum Gasteiger partial charge on any atom is -0.507 e. The molecule has 2 heterocycles. The molecule has 3 aromatic carbocycles. The van der Waals surface area contributed by atoms with Gasteiger partial charge in [-0.2, -0.15) is 0 Å². The summed E-state index contributed by atoms with van der Waals surface area (Å²) in [6, 6.07) is 22.0. The number of ether oxygens (including phenoxy) is 2. The number of benzene rings is 3. The summed E-state index contributed by atoms with van der Waals surface area (Å²) in [5, 5.41) is 11.4. The van der Waals surface area contributed by atoms with Gasteiger partial charge in [-0.05, 0) is 66.8 Å². The standard InChI is InChI=1S/C31H31NO5/c1-3-17-36-25-12-9-22(10-13-25)28-27(29(33)23-11-14-26-24(19-23)18-20(2)37-26)30(34)31(35)32(28)16-15-21-7-5-4-6-8-21/h4-14,19-20,28,33H,3,15-18H2,1-2H3/t20-,28+/m1/s1. The molecule has 6 heteroatoms. The highest BCUT2D eigenvalue weighted by Gasteiger charge is 2.46. The zero-order chi connectivity index (χ0) is 25.9. The molecule has 1 N–H and O–H groups in total. The van der Waals surface area contributed by atoms with E-state index in [0.29, 0.717) is 25.1 Å². The van der Waals surface area contributed by atoms with Crippen LogP contribution in [0.4, 0.5) is 0 Å². The number of ketones is 1. The molecule has 1 amide bonds. The summed E-state index contributed by atoms with van der Waals surface area (Å²) in [6.45, 7) is 4.99. The predicted octanol–water partition coefficient (Wildman–Crippen LogP) is 5.46. The number of aliphatic hydroxyl groups excluding tert-OH is 1. The lowest BCUT2D eigenvalue weighted by molar-refractivity contribution is -0.139. The molecule has 3 aromatic rings. The Morgan fingerprint density at radius 1 is 1.05 bits per heavy atom. The van der Waals surface area contributed by atoms with Gasteiger partial charge in [-0.25, -0.2) is 0 Å². The van der Waals surface area contributed by atoms with Crippen LogP contribution >= 0.6 is 0 Å². The molecule has 0 aromatic heterocycles. The Morgan fingerprint density at radius 3 is 2.54 bits per heavy atom. The minimum atomic E-state index is -0.702. The van der Waals surface area contributed by atoms with Crippen LogP contribution in [-0.2, 0) is 22.4 Å². The molecular weight excluding hydrogens is 466 g/mol. The van der Waals surface area contributed by atoms with Crippen LogP contribution < -0.4 is 9.47 Å². The van der Waals surface area contributed by atoms with E-state index in [4.69, 9.17) is 9.47 Å². The molecule has 0 unspecified atom stereocenters. The molecule has 0 spiro atoms. The van der Waals surface area contributed by atoms with Gasteiger partial charge in [-0.15, -0.1) is 0 Å². The number of amides is 1. The summed E-state index contributed by atoms with van der Waals surface area (Å²) in [5.41, 5.74) is 3.40. The van der Waals surface area contributed by atoms with Crippen LogP contribution in [0, 0.1) is 0 Å². The second-order valence-corrected chi connectivity index (χ2v) is 9.60. The van der Waals surface area contributed by atoms with Gasteiger partial charge in [0.25, 0.3) is 11.7 Å². The van der Waals surface area contributed by atoms with Crippen LogP contribution in [0.1, 0.15) is 48.6 Å². The average molecular weight is 498 g/mol. The lowest BCUT2D eigenvalue weighted by Crippen LogP contribution is -2.31. The maximum Gasteiger partial charge on any atom is 0.295 e. The Bertz CT molecular complexity index is 1330. The van der Waals surface area contributed by atoms with E-state index in [1.807, 2.05) is 80.6 Å². The highest BCUT2D eigenvalue weighted by Crippen LogP contribution is 2.41. The van der Waals surface area contributed by atoms with Crippen molar-refractivity contribution >= 4 is 17.4 Å². The second-order valence-electron chi connectivity index (χ2n) is 9.60. The normalized spacial score (nSPS) is 20.1. The van der Waals surface area contributed by atoms with Crippen molar-refractivity contribution < 1.29 is 24.2 Å². The van der Waals surface area contributed by atoms with E-state index < -0.39 is 17.7 Å². The molecule has 2 aliphatic rings. The van der Waals surface area contributed by atoms with Crippen LogP contribution in [0.25, 0.3) is 5.76 Å². The Kier molecular flexibility index (Phi) is 6.99. The topological polar surface area (TPSA) is 76.1 Å². The van der Waals surface area contributed by atoms with Crippen LogP contribution in [0.15, 0.2) is 78.4 Å². The number of likely N-dealkylation sites (tertiary alicyclic amines) is 1. The Morgan fingerprint density at radius 2 is 1.81 bits per heavy atom. The number of aliphatic hydroxyl groups is 1. The summed E-state index contributed by atoms with van der Waals surface area (Å²) in [7, 11) is 0.